The quantitative estimate of drug-likeness (QED) is 0.318. The molecule has 1 heterocycles. The molecule has 1 nitrogen and oxygen atoms in total. The van der Waals surface area contributed by atoms with Crippen molar-refractivity contribution >= 4 is 51.4 Å². The summed E-state index contributed by atoms with van der Waals surface area (Å²) in [7, 11) is 17.2. The van der Waals surface area contributed by atoms with Crippen LogP contribution < -0.4 is 0 Å². The summed E-state index contributed by atoms with van der Waals surface area (Å²) in [5.74, 6) is 1.90. The SMILES string of the molecule is CC1Cc2[o+]c3ccccc3cc2C(C)(C)C1.[Cl][Fe-]([Cl])([Cl])[Cl]. The molecule has 1 aliphatic carbocycles. The van der Waals surface area contributed by atoms with Gasteiger partial charge in [0.15, 0.2) is 0 Å². The van der Waals surface area contributed by atoms with Crippen LogP contribution in [0.4, 0.5) is 0 Å². The molecule has 1 atom stereocenters. The van der Waals surface area contributed by atoms with E-state index in [2.05, 4.69) is 45.0 Å². The maximum absolute atomic E-state index is 6.09. The van der Waals surface area contributed by atoms with E-state index in [1.165, 1.54) is 23.1 Å². The first-order valence-corrected chi connectivity index (χ1v) is 13.0. The Labute approximate surface area is 151 Å². The van der Waals surface area contributed by atoms with Gasteiger partial charge in [-0.15, -0.1) is 0 Å². The number of benzene rings is 1. The second kappa shape index (κ2) is 7.05. The van der Waals surface area contributed by atoms with Gasteiger partial charge in [-0.2, -0.15) is 0 Å². The van der Waals surface area contributed by atoms with Crippen molar-refractivity contribution in [3.8, 4) is 0 Å². The number of halogens is 4. The molecule has 3 rings (SSSR count). The first kappa shape index (κ1) is 18.6. The van der Waals surface area contributed by atoms with E-state index in [4.69, 9.17) is 44.8 Å². The first-order valence-electron chi connectivity index (χ1n) is 6.95. The number of hydrogen-bond donors (Lipinski definition) is 0. The average Bonchev–Trinajstić information content (AvgIpc) is 2.34. The molecule has 0 fully saturated rings. The fourth-order valence-corrected chi connectivity index (χ4v) is 3.21. The molecular weight excluding hydrogens is 406 g/mol. The molecule has 0 radical (unpaired) electrons. The van der Waals surface area contributed by atoms with Crippen molar-refractivity contribution < 1.29 is 13.6 Å². The van der Waals surface area contributed by atoms with Crippen molar-refractivity contribution in [2.45, 2.75) is 39.0 Å². The Morgan fingerprint density at radius 1 is 1.14 bits per heavy atom. The summed E-state index contributed by atoms with van der Waals surface area (Å²) in [5.41, 5.74) is 2.64. The minimum absolute atomic E-state index is 0.237. The van der Waals surface area contributed by atoms with Crippen LogP contribution in [-0.2, 0) is 21.0 Å². The van der Waals surface area contributed by atoms with Crippen LogP contribution in [0.25, 0.3) is 11.0 Å². The van der Waals surface area contributed by atoms with E-state index in [1.807, 2.05) is 6.07 Å². The van der Waals surface area contributed by atoms with Crippen molar-refractivity contribution in [3.63, 3.8) is 0 Å². The van der Waals surface area contributed by atoms with Crippen LogP contribution >= 0.6 is 40.4 Å². The number of fused-ring (bicyclic) bond motifs is 2. The van der Waals surface area contributed by atoms with Gasteiger partial charge < -0.3 is 0 Å². The van der Waals surface area contributed by atoms with E-state index in [1.54, 1.807) is 0 Å². The molecule has 2 aromatic rings. The minimum atomic E-state index is -2.61. The monoisotopic (exact) mass is 423 g/mol. The van der Waals surface area contributed by atoms with E-state index in [9.17, 15) is 0 Å². The fourth-order valence-electron chi connectivity index (χ4n) is 3.21. The Balaban J connectivity index is 0.000000309. The van der Waals surface area contributed by atoms with Crippen LogP contribution in [0.5, 0.6) is 0 Å². The molecule has 0 aliphatic heterocycles. The van der Waals surface area contributed by atoms with Crippen LogP contribution in [-0.4, -0.2) is 0 Å². The maximum atomic E-state index is 6.09. The molecule has 0 bridgehead atoms. The molecule has 0 saturated heterocycles. The summed E-state index contributed by atoms with van der Waals surface area (Å²) >= 11 is 0. The van der Waals surface area contributed by atoms with Crippen LogP contribution in [0.15, 0.2) is 34.7 Å². The normalized spacial score (nSPS) is 20.8. The molecule has 125 valence electrons. The summed E-state index contributed by atoms with van der Waals surface area (Å²) < 4.78 is 6.09. The van der Waals surface area contributed by atoms with Gasteiger partial charge in [-0.05, 0) is 29.9 Å². The van der Waals surface area contributed by atoms with Crippen molar-refractivity contribution in [2.24, 2.45) is 5.92 Å². The van der Waals surface area contributed by atoms with Crippen LogP contribution in [0.3, 0.4) is 0 Å². The van der Waals surface area contributed by atoms with Gasteiger partial charge >= 0.3 is 60.9 Å². The summed E-state index contributed by atoms with van der Waals surface area (Å²) in [6, 6.07) is 10.6. The third kappa shape index (κ3) is 5.16. The molecule has 0 N–H and O–H groups in total. The van der Waals surface area contributed by atoms with Crippen LogP contribution in [0.2, 0.25) is 0 Å². The fraction of sp³-hybridized carbons (Fsp3) is 0.438. The standard InChI is InChI=1S/C16H19O.4ClH.Fe/c1-11-8-15-13(16(2,3)10-11)9-12-6-4-5-7-14(12)17-15;;;;;/h4-7,9,11H,8,10H2,1-3H3;4*1H;/q+1;;;;;+3/p-4. The van der Waals surface area contributed by atoms with Gasteiger partial charge in [-0.3, -0.25) is 0 Å². The Morgan fingerprint density at radius 3 is 2.36 bits per heavy atom. The number of hydrogen-bond acceptors (Lipinski definition) is 0. The topological polar surface area (TPSA) is 11.3 Å². The van der Waals surface area contributed by atoms with E-state index in [0.29, 0.717) is 5.92 Å². The second-order valence-corrected chi connectivity index (χ2v) is 17.3. The predicted octanol–water partition coefficient (Wildman–Crippen LogP) is 7.33. The summed E-state index contributed by atoms with van der Waals surface area (Å²) in [5, 5.41) is 1.22. The first-order chi connectivity index (χ1) is 10.1. The number of rotatable bonds is 0. The molecule has 0 spiro atoms. The zero-order valence-electron chi connectivity index (χ0n) is 12.7. The molecular formula is C16H19Cl4FeO. The summed E-state index contributed by atoms with van der Waals surface area (Å²) in [4.78, 5) is 0. The molecule has 1 aromatic carbocycles. The summed E-state index contributed by atoms with van der Waals surface area (Å²) in [6.45, 7) is 6.97. The van der Waals surface area contributed by atoms with Crippen LogP contribution in [0.1, 0.15) is 38.5 Å². The Morgan fingerprint density at radius 2 is 1.73 bits per heavy atom. The molecule has 1 aliphatic rings. The molecule has 6 heteroatoms. The van der Waals surface area contributed by atoms with Gasteiger partial charge in [0.2, 0.25) is 0 Å². The van der Waals surface area contributed by atoms with Gasteiger partial charge in [0, 0.05) is 6.07 Å². The zero-order valence-corrected chi connectivity index (χ0v) is 16.8. The third-order valence-electron chi connectivity index (χ3n) is 3.87. The van der Waals surface area contributed by atoms with Crippen molar-refractivity contribution in [2.75, 3.05) is 0 Å². The number of para-hydroxylation sites is 1. The van der Waals surface area contributed by atoms with Gasteiger partial charge in [0.05, 0.1) is 17.4 Å². The Kier molecular flexibility index (Phi) is 5.97. The Hall–Kier alpha value is 0.309. The van der Waals surface area contributed by atoms with Gasteiger partial charge in [-0.1, -0.05) is 32.9 Å². The molecule has 0 amide bonds. The molecule has 22 heavy (non-hydrogen) atoms. The molecule has 0 saturated carbocycles. The Bertz CT molecular complexity index is 661. The van der Waals surface area contributed by atoms with Gasteiger partial charge in [0.1, 0.15) is 0 Å². The second-order valence-electron chi connectivity index (χ2n) is 6.32. The average molecular weight is 425 g/mol. The molecule has 1 aromatic heterocycles. The van der Waals surface area contributed by atoms with Gasteiger partial charge in [-0.25, -0.2) is 4.42 Å². The van der Waals surface area contributed by atoms with E-state index >= 15 is 0 Å². The van der Waals surface area contributed by atoms with Crippen LogP contribution in [0, 0.1) is 5.92 Å². The zero-order chi connectivity index (χ0) is 16.5. The molecule has 1 unspecified atom stereocenters. The van der Waals surface area contributed by atoms with Crippen molar-refractivity contribution in [1.82, 2.24) is 0 Å². The van der Waals surface area contributed by atoms with Gasteiger partial charge in [0.25, 0.3) is 0 Å². The van der Waals surface area contributed by atoms with E-state index in [-0.39, 0.29) is 5.41 Å². The van der Waals surface area contributed by atoms with Crippen molar-refractivity contribution in [1.29, 1.82) is 0 Å². The summed E-state index contributed by atoms with van der Waals surface area (Å²) in [6.07, 6.45) is 2.32. The van der Waals surface area contributed by atoms with E-state index in [0.717, 1.165) is 12.0 Å². The third-order valence-corrected chi connectivity index (χ3v) is 3.87. The predicted molar refractivity (Wildman–Crippen MR) is 94.5 cm³/mol. The van der Waals surface area contributed by atoms with Crippen molar-refractivity contribution in [3.05, 3.63) is 41.7 Å². The van der Waals surface area contributed by atoms with E-state index < -0.39 is 9.20 Å².